The number of carbonyl (C=O) groups excluding carboxylic acids is 1. The second kappa shape index (κ2) is 6.43. The van der Waals surface area contributed by atoms with Gasteiger partial charge < -0.3 is 20.9 Å². The van der Waals surface area contributed by atoms with Crippen molar-refractivity contribution in [3.63, 3.8) is 0 Å². The molecule has 19 heavy (non-hydrogen) atoms. The number of methoxy groups -OCH3 is 1. The number of anilines is 2. The summed E-state index contributed by atoms with van der Waals surface area (Å²) in [5.74, 6) is -0.196. The number of aliphatic hydroxyl groups is 1. The Bertz CT molecular complexity index is 458. The van der Waals surface area contributed by atoms with Crippen molar-refractivity contribution < 1.29 is 14.6 Å². The Morgan fingerprint density at radius 3 is 2.58 bits per heavy atom. The first-order valence-electron chi connectivity index (χ1n) is 6.26. The molecule has 0 amide bonds. The van der Waals surface area contributed by atoms with Gasteiger partial charge in [0, 0.05) is 11.4 Å². The highest BCUT2D eigenvalue weighted by Crippen LogP contribution is 2.24. The zero-order valence-electron chi connectivity index (χ0n) is 11.9. The summed E-state index contributed by atoms with van der Waals surface area (Å²) in [6, 6.07) is 3.43. The van der Waals surface area contributed by atoms with Crippen molar-refractivity contribution >= 4 is 17.3 Å². The van der Waals surface area contributed by atoms with Gasteiger partial charge in [-0.15, -0.1) is 0 Å². The molecule has 0 aliphatic rings. The first-order chi connectivity index (χ1) is 8.90. The minimum atomic E-state index is -0.464. The van der Waals surface area contributed by atoms with E-state index in [1.54, 1.807) is 6.07 Å². The molecule has 0 aliphatic heterocycles. The zero-order valence-corrected chi connectivity index (χ0v) is 11.9. The number of nitrogen functional groups attached to an aromatic ring is 1. The number of benzene rings is 1. The number of esters is 1. The molecule has 1 unspecified atom stereocenters. The van der Waals surface area contributed by atoms with Crippen molar-refractivity contribution in [3.8, 4) is 0 Å². The number of aliphatic hydroxyl groups excluding tert-OH is 1. The molecule has 0 aromatic heterocycles. The van der Waals surface area contributed by atoms with E-state index >= 15 is 0 Å². The third-order valence-corrected chi connectivity index (χ3v) is 3.15. The lowest BCUT2D eigenvalue weighted by Gasteiger charge is -2.22. The number of nitrogens with two attached hydrogens (primary N) is 1. The number of carbonyl (C=O) groups is 1. The number of aryl methyl sites for hydroxylation is 1. The van der Waals surface area contributed by atoms with Crippen molar-refractivity contribution in [1.82, 2.24) is 0 Å². The highest BCUT2D eigenvalue weighted by atomic mass is 16.5. The van der Waals surface area contributed by atoms with E-state index < -0.39 is 5.97 Å². The average Bonchev–Trinajstić information content (AvgIpc) is 2.38. The van der Waals surface area contributed by atoms with Crippen LogP contribution in [0.1, 0.15) is 29.8 Å². The number of hydrogen-bond donors (Lipinski definition) is 3. The van der Waals surface area contributed by atoms with Crippen molar-refractivity contribution in [2.75, 3.05) is 24.8 Å². The Morgan fingerprint density at radius 2 is 2.11 bits per heavy atom. The zero-order chi connectivity index (χ0) is 14.6. The van der Waals surface area contributed by atoms with Gasteiger partial charge in [-0.3, -0.25) is 0 Å². The predicted molar refractivity (Wildman–Crippen MR) is 76.3 cm³/mol. The summed E-state index contributed by atoms with van der Waals surface area (Å²) < 4.78 is 4.71. The second-order valence-corrected chi connectivity index (χ2v) is 4.92. The number of hydrogen-bond acceptors (Lipinski definition) is 5. The minimum Gasteiger partial charge on any atom is -0.465 e. The summed E-state index contributed by atoms with van der Waals surface area (Å²) in [5.41, 5.74) is 8.18. The Morgan fingerprint density at radius 1 is 1.47 bits per heavy atom. The van der Waals surface area contributed by atoms with E-state index in [0.717, 1.165) is 11.3 Å². The Kier molecular flexibility index (Phi) is 5.18. The van der Waals surface area contributed by atoms with Gasteiger partial charge in [-0.1, -0.05) is 13.8 Å². The smallest absolute Gasteiger partial charge is 0.340 e. The van der Waals surface area contributed by atoms with Gasteiger partial charge in [-0.05, 0) is 30.5 Å². The van der Waals surface area contributed by atoms with Crippen molar-refractivity contribution in [3.05, 3.63) is 23.3 Å². The van der Waals surface area contributed by atoms with E-state index in [0.29, 0.717) is 11.3 Å². The second-order valence-electron chi connectivity index (χ2n) is 4.92. The summed E-state index contributed by atoms with van der Waals surface area (Å²) in [4.78, 5) is 11.6. The van der Waals surface area contributed by atoms with Gasteiger partial charge in [-0.25, -0.2) is 4.79 Å². The van der Waals surface area contributed by atoms with Crippen LogP contribution < -0.4 is 11.1 Å². The van der Waals surface area contributed by atoms with Crippen LogP contribution in [-0.2, 0) is 4.74 Å². The van der Waals surface area contributed by atoms with E-state index in [4.69, 9.17) is 10.5 Å². The van der Waals surface area contributed by atoms with Gasteiger partial charge in [0.2, 0.25) is 0 Å². The molecule has 0 fully saturated rings. The van der Waals surface area contributed by atoms with E-state index in [1.807, 2.05) is 26.8 Å². The molecular formula is C14H22N2O3. The maximum absolute atomic E-state index is 11.6. The average molecular weight is 266 g/mol. The highest BCUT2D eigenvalue weighted by molar-refractivity contribution is 5.97. The van der Waals surface area contributed by atoms with Crippen LogP contribution >= 0.6 is 0 Å². The quantitative estimate of drug-likeness (QED) is 0.559. The minimum absolute atomic E-state index is 0.0225. The molecule has 0 heterocycles. The van der Waals surface area contributed by atoms with Gasteiger partial charge in [0.05, 0.1) is 25.3 Å². The summed E-state index contributed by atoms with van der Waals surface area (Å²) in [7, 11) is 1.32. The molecule has 5 heteroatoms. The first-order valence-corrected chi connectivity index (χ1v) is 6.26. The summed E-state index contributed by atoms with van der Waals surface area (Å²) in [5, 5.41) is 12.5. The number of ether oxygens (including phenoxy) is 1. The molecule has 0 bridgehead atoms. The van der Waals surface area contributed by atoms with Crippen molar-refractivity contribution in [2.24, 2.45) is 5.92 Å². The molecule has 1 aromatic carbocycles. The Balaban J connectivity index is 3.09. The van der Waals surface area contributed by atoms with E-state index in [1.165, 1.54) is 7.11 Å². The summed E-state index contributed by atoms with van der Waals surface area (Å²) in [6.45, 7) is 5.88. The standard InChI is InChI=1S/C14H22N2O3/c1-8(2)12(7-17)16-10-5-9(3)13(15)11(6-10)14(18)19-4/h5-6,8,12,16-17H,7,15H2,1-4H3. The van der Waals surface area contributed by atoms with Crippen LogP contribution in [0.5, 0.6) is 0 Å². The molecule has 1 aromatic rings. The number of nitrogens with one attached hydrogen (secondary N) is 1. The molecule has 106 valence electrons. The molecule has 0 saturated carbocycles. The summed E-state index contributed by atoms with van der Waals surface area (Å²) >= 11 is 0. The monoisotopic (exact) mass is 266 g/mol. The predicted octanol–water partition coefficient (Wildman–Crippen LogP) is 1.79. The molecule has 0 spiro atoms. The van der Waals surface area contributed by atoms with Gasteiger partial charge in [0.15, 0.2) is 0 Å². The third kappa shape index (κ3) is 3.61. The molecular weight excluding hydrogens is 244 g/mol. The highest BCUT2D eigenvalue weighted by Gasteiger charge is 2.16. The summed E-state index contributed by atoms with van der Waals surface area (Å²) in [6.07, 6.45) is 0. The van der Waals surface area contributed by atoms with Gasteiger partial charge in [0.25, 0.3) is 0 Å². The van der Waals surface area contributed by atoms with E-state index in [-0.39, 0.29) is 18.6 Å². The SMILES string of the molecule is COC(=O)c1cc(NC(CO)C(C)C)cc(C)c1N. The van der Waals surface area contributed by atoms with Crippen LogP contribution in [0.3, 0.4) is 0 Å². The largest absolute Gasteiger partial charge is 0.465 e. The van der Waals surface area contributed by atoms with Gasteiger partial charge >= 0.3 is 5.97 Å². The van der Waals surface area contributed by atoms with Gasteiger partial charge in [-0.2, -0.15) is 0 Å². The molecule has 4 N–H and O–H groups in total. The Hall–Kier alpha value is -1.75. The van der Waals surface area contributed by atoms with Crippen LogP contribution in [0.25, 0.3) is 0 Å². The molecule has 0 saturated heterocycles. The lowest BCUT2D eigenvalue weighted by molar-refractivity contribution is 0.0602. The topological polar surface area (TPSA) is 84.6 Å². The Labute approximate surface area is 113 Å². The molecule has 1 atom stereocenters. The van der Waals surface area contributed by atoms with Crippen LogP contribution in [0.4, 0.5) is 11.4 Å². The van der Waals surface area contributed by atoms with Crippen LogP contribution in [0.15, 0.2) is 12.1 Å². The van der Waals surface area contributed by atoms with Gasteiger partial charge in [0.1, 0.15) is 0 Å². The lowest BCUT2D eigenvalue weighted by atomic mass is 10.0. The van der Waals surface area contributed by atoms with E-state index in [9.17, 15) is 9.90 Å². The van der Waals surface area contributed by atoms with Crippen molar-refractivity contribution in [1.29, 1.82) is 0 Å². The van der Waals surface area contributed by atoms with E-state index in [2.05, 4.69) is 5.32 Å². The lowest BCUT2D eigenvalue weighted by Crippen LogP contribution is -2.29. The fourth-order valence-electron chi connectivity index (χ4n) is 1.80. The maximum Gasteiger partial charge on any atom is 0.340 e. The fraction of sp³-hybridized carbons (Fsp3) is 0.500. The normalized spacial score (nSPS) is 12.3. The molecule has 0 radical (unpaired) electrons. The number of rotatable bonds is 5. The van der Waals surface area contributed by atoms with Crippen LogP contribution in [0, 0.1) is 12.8 Å². The van der Waals surface area contributed by atoms with Crippen LogP contribution in [0.2, 0.25) is 0 Å². The molecule has 1 rings (SSSR count). The van der Waals surface area contributed by atoms with Crippen molar-refractivity contribution in [2.45, 2.75) is 26.8 Å². The molecule has 0 aliphatic carbocycles. The third-order valence-electron chi connectivity index (χ3n) is 3.15. The fourth-order valence-corrected chi connectivity index (χ4v) is 1.80. The maximum atomic E-state index is 11.6. The first kappa shape index (κ1) is 15.3. The molecule has 5 nitrogen and oxygen atoms in total. The van der Waals surface area contributed by atoms with Crippen LogP contribution in [-0.4, -0.2) is 30.8 Å².